The lowest BCUT2D eigenvalue weighted by Gasteiger charge is -2.51. The number of carboxylic acids is 1. The second-order valence-corrected chi connectivity index (χ2v) is 12.3. The third-order valence-corrected chi connectivity index (χ3v) is 10.4. The zero-order valence-electron chi connectivity index (χ0n) is 21.1. The van der Waals surface area contributed by atoms with Crippen molar-refractivity contribution in [2.24, 2.45) is 10.8 Å². The third-order valence-electron chi connectivity index (χ3n) is 9.19. The quantitative estimate of drug-likeness (QED) is 0.452. The lowest BCUT2D eigenvalue weighted by Crippen LogP contribution is -2.48. The smallest absolute Gasteiger partial charge is 0.443 e. The van der Waals surface area contributed by atoms with Crippen molar-refractivity contribution in [1.82, 2.24) is 19.4 Å². The summed E-state index contributed by atoms with van der Waals surface area (Å²) in [5.74, 6) is -0.640. The number of carbonyl (C=O) groups is 2. The number of halogens is 3. The van der Waals surface area contributed by atoms with Gasteiger partial charge in [0.05, 0.1) is 24.2 Å². The first-order chi connectivity index (χ1) is 18.0. The van der Waals surface area contributed by atoms with E-state index in [1.54, 1.807) is 13.1 Å². The van der Waals surface area contributed by atoms with Gasteiger partial charge in [0.2, 0.25) is 5.91 Å². The molecule has 3 saturated carbocycles. The highest BCUT2D eigenvalue weighted by Gasteiger charge is 2.53. The largest absolute Gasteiger partial charge is 0.481 e. The molecule has 3 aromatic rings. The first-order valence-electron chi connectivity index (χ1n) is 13.0. The number of alkyl halides is 3. The molecule has 1 amide bonds. The van der Waals surface area contributed by atoms with Gasteiger partial charge in [-0.1, -0.05) is 0 Å². The number of carboxylic acid groups (broad SMARTS) is 1. The number of hydrogen-bond donors (Lipinski definition) is 1. The van der Waals surface area contributed by atoms with Crippen molar-refractivity contribution in [2.75, 3.05) is 6.54 Å². The monoisotopic (exact) mass is 546 g/mol. The molecule has 0 aromatic carbocycles. The van der Waals surface area contributed by atoms with Gasteiger partial charge in [-0.05, 0) is 75.0 Å². The summed E-state index contributed by atoms with van der Waals surface area (Å²) in [4.78, 5) is 36.1. The van der Waals surface area contributed by atoms with Crippen molar-refractivity contribution in [3.05, 3.63) is 45.2 Å². The first-order valence-corrected chi connectivity index (χ1v) is 13.8. The van der Waals surface area contributed by atoms with E-state index in [-0.39, 0.29) is 17.9 Å². The topological polar surface area (TPSA) is 88.3 Å². The van der Waals surface area contributed by atoms with Crippen LogP contribution in [0.25, 0.3) is 11.0 Å². The van der Waals surface area contributed by atoms with Gasteiger partial charge in [0.25, 0.3) is 0 Å². The summed E-state index contributed by atoms with van der Waals surface area (Å²) in [5.41, 5.74) is 2.32. The normalized spacial score (nSPS) is 25.1. The molecule has 0 saturated heterocycles. The van der Waals surface area contributed by atoms with Crippen molar-refractivity contribution in [3.63, 3.8) is 0 Å². The van der Waals surface area contributed by atoms with Crippen molar-refractivity contribution in [1.29, 1.82) is 0 Å². The standard InChI is InChI=1S/C27H29F3N4O3S/c1-16-20(38-23(32-16)27(28,29)30)15-34-19-14-33(12-4-17(19)18-3-2-11-31-22(18)34)21(35)13-25-5-8-26(9-6-25,10-7-25)24(36)37/h2-3,11H,4-10,12-15H2,1H3,(H,36,37). The minimum absolute atomic E-state index is 0.0680. The maximum Gasteiger partial charge on any atom is 0.443 e. The Morgan fingerprint density at radius 1 is 1.16 bits per heavy atom. The molecule has 7 nitrogen and oxygen atoms in total. The number of amides is 1. The Bertz CT molecular complexity index is 1420. The highest BCUT2D eigenvalue weighted by atomic mass is 32.1. The summed E-state index contributed by atoms with van der Waals surface area (Å²) in [6.45, 7) is 2.76. The van der Waals surface area contributed by atoms with E-state index in [0.717, 1.165) is 35.9 Å². The van der Waals surface area contributed by atoms with Gasteiger partial charge in [-0.3, -0.25) is 9.59 Å². The van der Waals surface area contributed by atoms with Crippen LogP contribution in [0.5, 0.6) is 0 Å². The number of carbonyl (C=O) groups excluding carboxylic acids is 1. The second-order valence-electron chi connectivity index (χ2n) is 11.2. The Morgan fingerprint density at radius 3 is 2.50 bits per heavy atom. The van der Waals surface area contributed by atoms with Crippen LogP contribution in [-0.4, -0.2) is 43.0 Å². The predicted octanol–water partition coefficient (Wildman–Crippen LogP) is 5.57. The van der Waals surface area contributed by atoms with E-state index in [1.165, 1.54) is 0 Å². The predicted molar refractivity (Wildman–Crippen MR) is 135 cm³/mol. The average Bonchev–Trinajstić information content (AvgIpc) is 3.43. The van der Waals surface area contributed by atoms with Gasteiger partial charge in [0, 0.05) is 35.1 Å². The summed E-state index contributed by atoms with van der Waals surface area (Å²) in [7, 11) is 0. The van der Waals surface area contributed by atoms with Crippen molar-refractivity contribution >= 4 is 34.2 Å². The molecule has 202 valence electrons. The molecular weight excluding hydrogens is 517 g/mol. The van der Waals surface area contributed by atoms with Crippen LogP contribution >= 0.6 is 11.3 Å². The summed E-state index contributed by atoms with van der Waals surface area (Å²) >= 11 is 0.656. The van der Waals surface area contributed by atoms with E-state index in [2.05, 4.69) is 9.97 Å². The molecule has 0 atom stereocenters. The van der Waals surface area contributed by atoms with Crippen molar-refractivity contribution < 1.29 is 27.9 Å². The minimum Gasteiger partial charge on any atom is -0.481 e. The molecule has 3 fully saturated rings. The Labute approximate surface area is 221 Å². The van der Waals surface area contributed by atoms with Gasteiger partial charge in [-0.15, -0.1) is 11.3 Å². The molecule has 3 aromatic heterocycles. The molecule has 1 aliphatic heterocycles. The van der Waals surface area contributed by atoms with Crippen LogP contribution in [0.2, 0.25) is 0 Å². The molecule has 11 heteroatoms. The van der Waals surface area contributed by atoms with Gasteiger partial charge in [0.15, 0.2) is 5.01 Å². The van der Waals surface area contributed by atoms with Gasteiger partial charge < -0.3 is 14.6 Å². The van der Waals surface area contributed by atoms with Gasteiger partial charge in [0.1, 0.15) is 5.65 Å². The fourth-order valence-electron chi connectivity index (χ4n) is 6.76. The van der Waals surface area contributed by atoms with Gasteiger partial charge in [-0.25, -0.2) is 9.97 Å². The molecular formula is C27H29F3N4O3S. The summed E-state index contributed by atoms with van der Waals surface area (Å²) in [5, 5.41) is 9.80. The molecule has 0 unspecified atom stereocenters. The Hall–Kier alpha value is -2.95. The van der Waals surface area contributed by atoms with Gasteiger partial charge in [-0.2, -0.15) is 13.2 Å². The number of aromatic nitrogens is 3. The lowest BCUT2D eigenvalue weighted by molar-refractivity contribution is -0.160. The maximum atomic E-state index is 13.6. The Morgan fingerprint density at radius 2 is 1.87 bits per heavy atom. The number of rotatable bonds is 5. The number of nitrogens with zero attached hydrogens (tertiary/aromatic N) is 4. The van der Waals surface area contributed by atoms with E-state index in [9.17, 15) is 27.9 Å². The second kappa shape index (κ2) is 8.79. The van der Waals surface area contributed by atoms with Crippen LogP contribution in [-0.2, 0) is 35.3 Å². The number of thiazole rings is 1. The zero-order valence-corrected chi connectivity index (χ0v) is 21.9. The van der Waals surface area contributed by atoms with E-state index in [0.29, 0.717) is 72.7 Å². The molecule has 0 radical (unpaired) electrons. The molecule has 1 N–H and O–H groups in total. The highest BCUT2D eigenvalue weighted by molar-refractivity contribution is 7.11. The number of pyridine rings is 1. The van der Waals surface area contributed by atoms with Gasteiger partial charge >= 0.3 is 12.1 Å². The number of hydrogen-bond acceptors (Lipinski definition) is 5. The average molecular weight is 547 g/mol. The van der Waals surface area contributed by atoms with Crippen molar-refractivity contribution in [2.45, 2.75) is 77.6 Å². The van der Waals surface area contributed by atoms with Crippen molar-refractivity contribution in [3.8, 4) is 0 Å². The summed E-state index contributed by atoms with van der Waals surface area (Å²) in [6, 6.07) is 3.83. The SMILES string of the molecule is Cc1nc(C(F)(F)F)sc1Cn1c2c(c3cccnc31)CCN(C(=O)CC13CCC(C(=O)O)(CC1)CC3)C2. The molecule has 2 bridgehead atoms. The van der Waals surface area contributed by atoms with E-state index in [1.807, 2.05) is 21.6 Å². The molecule has 4 heterocycles. The number of aryl methyl sites for hydroxylation is 1. The summed E-state index contributed by atoms with van der Waals surface area (Å²) in [6.07, 6.45) is 2.45. The maximum absolute atomic E-state index is 13.6. The van der Waals surface area contributed by atoms with Crippen LogP contribution in [0, 0.1) is 17.8 Å². The summed E-state index contributed by atoms with van der Waals surface area (Å²) < 4.78 is 41.8. The molecule has 4 aliphatic rings. The van der Waals surface area contributed by atoms with Crippen LogP contribution in [0.1, 0.15) is 71.8 Å². The number of fused-ring (bicyclic) bond motifs is 6. The van der Waals surface area contributed by atoms with Crippen LogP contribution < -0.4 is 0 Å². The van der Waals surface area contributed by atoms with E-state index in [4.69, 9.17) is 0 Å². The lowest BCUT2D eigenvalue weighted by atomic mass is 9.53. The van der Waals surface area contributed by atoms with E-state index >= 15 is 0 Å². The fraction of sp³-hybridized carbons (Fsp3) is 0.556. The highest BCUT2D eigenvalue weighted by Crippen LogP contribution is 2.58. The minimum atomic E-state index is -4.49. The van der Waals surface area contributed by atoms with Crippen LogP contribution in [0.3, 0.4) is 0 Å². The van der Waals surface area contributed by atoms with E-state index < -0.39 is 22.6 Å². The molecule has 7 rings (SSSR count). The molecule has 0 spiro atoms. The zero-order chi connectivity index (χ0) is 26.9. The number of aliphatic carboxylic acids is 1. The Balaban J connectivity index is 1.26. The molecule has 3 aliphatic carbocycles. The first kappa shape index (κ1) is 25.3. The fourth-order valence-corrected chi connectivity index (χ4v) is 7.68. The third kappa shape index (κ3) is 4.10. The van der Waals surface area contributed by atoms with Crippen LogP contribution in [0.4, 0.5) is 13.2 Å². The van der Waals surface area contributed by atoms with Crippen LogP contribution in [0.15, 0.2) is 18.3 Å². The molecule has 38 heavy (non-hydrogen) atoms. The Kier molecular flexibility index (Phi) is 5.86.